The Morgan fingerprint density at radius 3 is 3.00 bits per heavy atom. The number of H-pyrrole nitrogens is 1. The molecule has 0 atom stereocenters. The number of ether oxygens (including phenoxy) is 1. The van der Waals surface area contributed by atoms with Crippen molar-refractivity contribution in [3.05, 3.63) is 29.3 Å². The van der Waals surface area contributed by atoms with Gasteiger partial charge in [0.15, 0.2) is 10.3 Å². The van der Waals surface area contributed by atoms with Crippen LogP contribution in [0.1, 0.15) is 5.69 Å². The smallest absolute Gasteiger partial charge is 0.309 e. The normalized spacial score (nSPS) is 10.8. The van der Waals surface area contributed by atoms with Gasteiger partial charge >= 0.3 is 5.97 Å². The molecule has 8 nitrogen and oxygen atoms in total. The number of carboxylic acids is 1. The summed E-state index contributed by atoms with van der Waals surface area (Å²) in [4.78, 5) is 34.2. The van der Waals surface area contributed by atoms with E-state index in [0.717, 1.165) is 16.8 Å². The first-order valence-corrected chi connectivity index (χ1v) is 9.02. The number of hydrogen-bond acceptors (Lipinski definition) is 7. The van der Waals surface area contributed by atoms with Crippen molar-refractivity contribution in [2.24, 2.45) is 0 Å². The van der Waals surface area contributed by atoms with Gasteiger partial charge in [-0.15, -0.1) is 11.3 Å². The Balaban J connectivity index is 1.56. The number of carbonyl (C=O) groups excluding carboxylic acids is 1. The largest absolute Gasteiger partial charge is 0.497 e. The lowest BCUT2D eigenvalue weighted by molar-refractivity contribution is -0.136. The van der Waals surface area contributed by atoms with Crippen molar-refractivity contribution in [2.45, 2.75) is 11.6 Å². The second-order valence-electron chi connectivity index (χ2n) is 4.98. The molecule has 0 saturated carbocycles. The minimum Gasteiger partial charge on any atom is -0.497 e. The molecule has 0 aliphatic carbocycles. The summed E-state index contributed by atoms with van der Waals surface area (Å²) in [5.41, 5.74) is 2.05. The third-order valence-corrected chi connectivity index (χ3v) is 4.82. The molecule has 0 saturated heterocycles. The van der Waals surface area contributed by atoms with Crippen molar-refractivity contribution in [1.29, 1.82) is 0 Å². The lowest BCUT2D eigenvalue weighted by atomic mass is 10.3. The van der Waals surface area contributed by atoms with E-state index in [4.69, 9.17) is 9.84 Å². The van der Waals surface area contributed by atoms with E-state index in [9.17, 15) is 9.59 Å². The molecule has 0 unspecified atom stereocenters. The summed E-state index contributed by atoms with van der Waals surface area (Å²) in [5, 5.41) is 14.0. The number of carboxylic acid groups (broad SMARTS) is 1. The van der Waals surface area contributed by atoms with E-state index in [1.54, 1.807) is 12.5 Å². The first-order valence-electron chi connectivity index (χ1n) is 7.16. The van der Waals surface area contributed by atoms with E-state index >= 15 is 0 Å². The van der Waals surface area contributed by atoms with Crippen LogP contribution in [0.25, 0.3) is 11.0 Å². The van der Waals surface area contributed by atoms with Crippen LogP contribution in [0.3, 0.4) is 0 Å². The highest BCUT2D eigenvalue weighted by molar-refractivity contribution is 7.99. The Bertz CT molecular complexity index is 921. The minimum absolute atomic E-state index is 0.158. The maximum Gasteiger partial charge on any atom is 0.309 e. The standard InChI is InChI=1S/C15H14N4O4S2/c1-23-9-2-3-10-11(5-9)18-15(17-10)25-7-12(20)19-14-16-8(6-24-14)4-13(21)22/h2-3,5-6H,4,7H2,1H3,(H,17,18)(H,21,22)(H,16,19,20). The number of aliphatic carboxylic acids is 1. The average Bonchev–Trinajstić information content (AvgIpc) is 3.17. The van der Waals surface area contributed by atoms with Crippen LogP contribution < -0.4 is 10.1 Å². The zero-order valence-corrected chi connectivity index (χ0v) is 14.7. The Morgan fingerprint density at radius 2 is 2.24 bits per heavy atom. The number of rotatable bonds is 7. The lowest BCUT2D eigenvalue weighted by Gasteiger charge is -1.99. The van der Waals surface area contributed by atoms with E-state index in [1.807, 2.05) is 18.2 Å². The molecular formula is C15H14N4O4S2. The van der Waals surface area contributed by atoms with E-state index in [2.05, 4.69) is 20.3 Å². The molecule has 10 heteroatoms. The average molecular weight is 378 g/mol. The number of anilines is 1. The van der Waals surface area contributed by atoms with Crippen LogP contribution in [0.4, 0.5) is 5.13 Å². The van der Waals surface area contributed by atoms with Gasteiger partial charge in [-0.25, -0.2) is 9.97 Å². The number of fused-ring (bicyclic) bond motifs is 1. The molecule has 2 aromatic heterocycles. The molecule has 3 aromatic rings. The molecule has 0 bridgehead atoms. The van der Waals surface area contributed by atoms with Crippen molar-refractivity contribution in [3.8, 4) is 5.75 Å². The van der Waals surface area contributed by atoms with Gasteiger partial charge in [-0.1, -0.05) is 11.8 Å². The molecule has 3 rings (SSSR count). The topological polar surface area (TPSA) is 117 Å². The third kappa shape index (κ3) is 4.48. The Morgan fingerprint density at radius 1 is 1.40 bits per heavy atom. The summed E-state index contributed by atoms with van der Waals surface area (Å²) in [7, 11) is 1.60. The number of nitrogens with one attached hydrogen (secondary N) is 2. The van der Waals surface area contributed by atoms with Crippen LogP contribution in [0.15, 0.2) is 28.7 Å². The summed E-state index contributed by atoms with van der Waals surface area (Å²) in [6.07, 6.45) is -0.163. The van der Waals surface area contributed by atoms with Gasteiger partial charge in [0.25, 0.3) is 0 Å². The molecule has 1 aromatic carbocycles. The fraction of sp³-hybridized carbons (Fsp3) is 0.200. The number of methoxy groups -OCH3 is 1. The molecule has 1 amide bonds. The van der Waals surface area contributed by atoms with E-state index in [-0.39, 0.29) is 18.1 Å². The van der Waals surface area contributed by atoms with Crippen LogP contribution in [-0.4, -0.2) is 44.8 Å². The van der Waals surface area contributed by atoms with E-state index in [0.29, 0.717) is 16.0 Å². The van der Waals surface area contributed by atoms with Crippen molar-refractivity contribution in [2.75, 3.05) is 18.2 Å². The third-order valence-electron chi connectivity index (χ3n) is 3.14. The number of nitrogens with zero attached hydrogens (tertiary/aromatic N) is 2. The molecule has 0 aliphatic rings. The van der Waals surface area contributed by atoms with Gasteiger partial charge in [-0.3, -0.25) is 9.59 Å². The Labute approximate surface area is 150 Å². The second kappa shape index (κ2) is 7.53. The summed E-state index contributed by atoms with van der Waals surface area (Å²) in [6.45, 7) is 0. The highest BCUT2D eigenvalue weighted by atomic mass is 32.2. The van der Waals surface area contributed by atoms with Gasteiger partial charge in [-0.2, -0.15) is 0 Å². The van der Waals surface area contributed by atoms with E-state index in [1.165, 1.54) is 23.1 Å². The Kier molecular flexibility index (Phi) is 5.19. The quantitative estimate of drug-likeness (QED) is 0.540. The molecule has 0 fully saturated rings. The highest BCUT2D eigenvalue weighted by Crippen LogP contribution is 2.23. The van der Waals surface area contributed by atoms with Crippen LogP contribution in [-0.2, 0) is 16.0 Å². The summed E-state index contributed by atoms with van der Waals surface area (Å²) < 4.78 is 5.16. The van der Waals surface area contributed by atoms with Gasteiger partial charge in [-0.05, 0) is 12.1 Å². The molecule has 3 N–H and O–H groups in total. The molecule has 0 radical (unpaired) electrons. The van der Waals surface area contributed by atoms with Crippen LogP contribution in [0.2, 0.25) is 0 Å². The van der Waals surface area contributed by atoms with Crippen molar-refractivity contribution in [3.63, 3.8) is 0 Å². The first kappa shape index (κ1) is 17.2. The number of imidazole rings is 1. The number of thiazole rings is 1. The maximum atomic E-state index is 12.0. The molecular weight excluding hydrogens is 364 g/mol. The molecule has 130 valence electrons. The maximum absolute atomic E-state index is 12.0. The number of thioether (sulfide) groups is 1. The SMILES string of the molecule is COc1ccc2nc(SCC(=O)Nc3nc(CC(=O)O)cs3)[nH]c2c1. The van der Waals surface area contributed by atoms with Gasteiger partial charge in [0, 0.05) is 11.4 Å². The Hall–Kier alpha value is -2.59. The van der Waals surface area contributed by atoms with Crippen LogP contribution in [0.5, 0.6) is 5.75 Å². The zero-order chi connectivity index (χ0) is 17.8. The van der Waals surface area contributed by atoms with Gasteiger partial charge in [0.2, 0.25) is 5.91 Å². The minimum atomic E-state index is -0.958. The van der Waals surface area contributed by atoms with Gasteiger partial charge in [0.05, 0.1) is 36.0 Å². The van der Waals surface area contributed by atoms with Gasteiger partial charge < -0.3 is 20.1 Å². The fourth-order valence-electron chi connectivity index (χ4n) is 2.05. The van der Waals surface area contributed by atoms with Gasteiger partial charge in [0.1, 0.15) is 5.75 Å². The number of amides is 1. The summed E-state index contributed by atoms with van der Waals surface area (Å²) in [6, 6.07) is 5.50. The predicted molar refractivity (Wildman–Crippen MR) is 95.5 cm³/mol. The summed E-state index contributed by atoms with van der Waals surface area (Å²) >= 11 is 2.46. The van der Waals surface area contributed by atoms with Crippen molar-refractivity contribution < 1.29 is 19.4 Å². The second-order valence-corrected chi connectivity index (χ2v) is 6.80. The van der Waals surface area contributed by atoms with E-state index < -0.39 is 5.97 Å². The fourth-order valence-corrected chi connectivity index (χ4v) is 3.46. The highest BCUT2D eigenvalue weighted by Gasteiger charge is 2.11. The number of aromatic amines is 1. The van der Waals surface area contributed by atoms with Crippen molar-refractivity contribution >= 4 is 51.1 Å². The number of carbonyl (C=O) groups is 2. The number of hydrogen-bond donors (Lipinski definition) is 3. The monoisotopic (exact) mass is 378 g/mol. The van der Waals surface area contributed by atoms with Crippen LogP contribution >= 0.6 is 23.1 Å². The van der Waals surface area contributed by atoms with Crippen LogP contribution in [0, 0.1) is 0 Å². The molecule has 0 aliphatic heterocycles. The zero-order valence-electron chi connectivity index (χ0n) is 13.1. The predicted octanol–water partition coefficient (Wildman–Crippen LogP) is 2.39. The number of benzene rings is 1. The molecule has 0 spiro atoms. The van der Waals surface area contributed by atoms with Crippen molar-refractivity contribution in [1.82, 2.24) is 15.0 Å². The summed E-state index contributed by atoms with van der Waals surface area (Å²) in [5.74, 6) is -0.309. The first-order chi connectivity index (χ1) is 12.0. The molecule has 25 heavy (non-hydrogen) atoms. The molecule has 2 heterocycles. The lowest BCUT2D eigenvalue weighted by Crippen LogP contribution is -2.14. The number of aromatic nitrogens is 3.